The molecule has 0 saturated carbocycles. The van der Waals surface area contributed by atoms with Crippen LogP contribution < -0.4 is 5.32 Å². The Morgan fingerprint density at radius 2 is 2.00 bits per heavy atom. The molecule has 4 heteroatoms. The third kappa shape index (κ3) is 4.50. The fourth-order valence-corrected chi connectivity index (χ4v) is 1.93. The molecule has 0 radical (unpaired) electrons. The lowest BCUT2D eigenvalue weighted by atomic mass is 10.1. The zero-order valence-corrected chi connectivity index (χ0v) is 11.4. The van der Waals surface area contributed by atoms with Crippen molar-refractivity contribution in [1.82, 2.24) is 15.1 Å². The molecule has 0 spiro atoms. The maximum absolute atomic E-state index is 4.98. The summed E-state index contributed by atoms with van der Waals surface area (Å²) in [5.74, 6) is 0. The summed E-state index contributed by atoms with van der Waals surface area (Å²) < 4.78 is 6.98. The lowest BCUT2D eigenvalue weighted by Gasteiger charge is -2.04. The number of aromatic nitrogens is 2. The number of methoxy groups -OCH3 is 1. The summed E-state index contributed by atoms with van der Waals surface area (Å²) in [5.41, 5.74) is 2.39. The van der Waals surface area contributed by atoms with E-state index in [1.54, 1.807) is 7.11 Å². The van der Waals surface area contributed by atoms with Crippen molar-refractivity contribution in [1.29, 1.82) is 0 Å². The first-order chi connectivity index (χ1) is 9.40. The fourth-order valence-electron chi connectivity index (χ4n) is 1.93. The Labute approximate surface area is 114 Å². The van der Waals surface area contributed by atoms with Gasteiger partial charge in [-0.05, 0) is 18.5 Å². The number of nitrogens with one attached hydrogen (secondary N) is 1. The summed E-state index contributed by atoms with van der Waals surface area (Å²) in [6, 6.07) is 10.3. The summed E-state index contributed by atoms with van der Waals surface area (Å²) in [5, 5.41) is 7.72. The second-order valence-corrected chi connectivity index (χ2v) is 4.45. The molecule has 0 bridgehead atoms. The topological polar surface area (TPSA) is 39.1 Å². The highest BCUT2D eigenvalue weighted by atomic mass is 16.5. The van der Waals surface area contributed by atoms with Crippen LogP contribution in [0.3, 0.4) is 0 Å². The molecule has 1 heterocycles. The molecular weight excluding hydrogens is 238 g/mol. The molecule has 0 atom stereocenters. The standard InChI is InChI=1S/C15H21N3O/c1-19-11-9-16-8-5-10-18-13-15(12-17-18)14-6-3-2-4-7-14/h2-4,6-7,12-13,16H,5,8-11H2,1H3. The van der Waals surface area contributed by atoms with E-state index in [1.165, 1.54) is 11.1 Å². The van der Waals surface area contributed by atoms with E-state index in [4.69, 9.17) is 4.74 Å². The molecule has 1 aromatic carbocycles. The van der Waals surface area contributed by atoms with Gasteiger partial charge in [-0.15, -0.1) is 0 Å². The predicted molar refractivity (Wildman–Crippen MR) is 77.0 cm³/mol. The highest BCUT2D eigenvalue weighted by Crippen LogP contribution is 2.17. The van der Waals surface area contributed by atoms with Crippen LogP contribution in [0, 0.1) is 0 Å². The summed E-state index contributed by atoms with van der Waals surface area (Å²) in [4.78, 5) is 0. The van der Waals surface area contributed by atoms with E-state index in [0.29, 0.717) is 0 Å². The second-order valence-electron chi connectivity index (χ2n) is 4.45. The van der Waals surface area contributed by atoms with Gasteiger partial charge in [0, 0.05) is 32.0 Å². The van der Waals surface area contributed by atoms with Crippen molar-refractivity contribution in [2.45, 2.75) is 13.0 Å². The van der Waals surface area contributed by atoms with Gasteiger partial charge in [0.25, 0.3) is 0 Å². The van der Waals surface area contributed by atoms with Crippen molar-refractivity contribution in [3.63, 3.8) is 0 Å². The van der Waals surface area contributed by atoms with Gasteiger partial charge in [0.15, 0.2) is 0 Å². The monoisotopic (exact) mass is 259 g/mol. The molecule has 0 fully saturated rings. The maximum Gasteiger partial charge on any atom is 0.0587 e. The number of hydrogen-bond donors (Lipinski definition) is 1. The van der Waals surface area contributed by atoms with E-state index in [-0.39, 0.29) is 0 Å². The number of ether oxygens (including phenoxy) is 1. The Hall–Kier alpha value is -1.65. The number of nitrogens with zero attached hydrogens (tertiary/aromatic N) is 2. The van der Waals surface area contributed by atoms with Crippen LogP contribution in [-0.2, 0) is 11.3 Å². The van der Waals surface area contributed by atoms with Gasteiger partial charge >= 0.3 is 0 Å². The van der Waals surface area contributed by atoms with Crippen LogP contribution >= 0.6 is 0 Å². The average molecular weight is 259 g/mol. The van der Waals surface area contributed by atoms with Gasteiger partial charge in [0.2, 0.25) is 0 Å². The van der Waals surface area contributed by atoms with Crippen LogP contribution in [0.4, 0.5) is 0 Å². The first kappa shape index (κ1) is 13.8. The summed E-state index contributed by atoms with van der Waals surface area (Å²) in [7, 11) is 1.72. The predicted octanol–water partition coefficient (Wildman–Crippen LogP) is 2.18. The first-order valence-electron chi connectivity index (χ1n) is 6.67. The summed E-state index contributed by atoms with van der Waals surface area (Å²) in [6.45, 7) is 3.60. The van der Waals surface area contributed by atoms with Crippen molar-refractivity contribution in [2.24, 2.45) is 0 Å². The molecule has 0 aliphatic carbocycles. The van der Waals surface area contributed by atoms with Gasteiger partial charge in [-0.25, -0.2) is 0 Å². The summed E-state index contributed by atoms with van der Waals surface area (Å²) in [6.07, 6.45) is 5.10. The fraction of sp³-hybridized carbons (Fsp3) is 0.400. The minimum atomic E-state index is 0.764. The normalized spacial score (nSPS) is 10.8. The van der Waals surface area contributed by atoms with E-state index >= 15 is 0 Å². The van der Waals surface area contributed by atoms with Crippen LogP contribution in [0.2, 0.25) is 0 Å². The highest BCUT2D eigenvalue weighted by Gasteiger charge is 2.00. The van der Waals surface area contributed by atoms with Crippen LogP contribution in [0.5, 0.6) is 0 Å². The largest absolute Gasteiger partial charge is 0.383 e. The Morgan fingerprint density at radius 3 is 2.79 bits per heavy atom. The lowest BCUT2D eigenvalue weighted by molar-refractivity contribution is 0.199. The molecule has 1 aromatic heterocycles. The van der Waals surface area contributed by atoms with Gasteiger partial charge < -0.3 is 10.1 Å². The van der Waals surface area contributed by atoms with E-state index < -0.39 is 0 Å². The minimum Gasteiger partial charge on any atom is -0.383 e. The molecule has 0 aliphatic rings. The van der Waals surface area contributed by atoms with Crippen molar-refractivity contribution in [3.05, 3.63) is 42.7 Å². The van der Waals surface area contributed by atoms with Gasteiger partial charge in [0.1, 0.15) is 0 Å². The molecule has 0 amide bonds. The zero-order chi connectivity index (χ0) is 13.3. The van der Waals surface area contributed by atoms with Crippen molar-refractivity contribution >= 4 is 0 Å². The molecule has 4 nitrogen and oxygen atoms in total. The van der Waals surface area contributed by atoms with E-state index in [0.717, 1.165) is 32.7 Å². The summed E-state index contributed by atoms with van der Waals surface area (Å²) >= 11 is 0. The minimum absolute atomic E-state index is 0.764. The van der Waals surface area contributed by atoms with Gasteiger partial charge in [-0.1, -0.05) is 30.3 Å². The quantitative estimate of drug-likeness (QED) is 0.739. The van der Waals surface area contributed by atoms with E-state index in [2.05, 4.69) is 28.7 Å². The molecular formula is C15H21N3O. The maximum atomic E-state index is 4.98. The van der Waals surface area contributed by atoms with Gasteiger partial charge in [-0.2, -0.15) is 5.10 Å². The Balaban J connectivity index is 1.75. The number of benzene rings is 1. The third-order valence-corrected chi connectivity index (χ3v) is 2.96. The Bertz CT molecular complexity index is 467. The van der Waals surface area contributed by atoms with E-state index in [9.17, 15) is 0 Å². The van der Waals surface area contributed by atoms with Crippen LogP contribution in [-0.4, -0.2) is 36.6 Å². The molecule has 0 saturated heterocycles. The number of rotatable bonds is 8. The number of hydrogen-bond acceptors (Lipinski definition) is 3. The van der Waals surface area contributed by atoms with Crippen LogP contribution in [0.1, 0.15) is 6.42 Å². The SMILES string of the molecule is COCCNCCCn1cc(-c2ccccc2)cn1. The highest BCUT2D eigenvalue weighted by molar-refractivity contribution is 5.61. The van der Waals surface area contributed by atoms with Gasteiger partial charge in [-0.3, -0.25) is 4.68 Å². The average Bonchev–Trinajstić information content (AvgIpc) is 2.92. The Morgan fingerprint density at radius 1 is 1.16 bits per heavy atom. The molecule has 102 valence electrons. The molecule has 19 heavy (non-hydrogen) atoms. The zero-order valence-electron chi connectivity index (χ0n) is 11.4. The smallest absolute Gasteiger partial charge is 0.0587 e. The lowest BCUT2D eigenvalue weighted by Crippen LogP contribution is -2.21. The van der Waals surface area contributed by atoms with Crippen LogP contribution in [0.25, 0.3) is 11.1 Å². The van der Waals surface area contributed by atoms with E-state index in [1.807, 2.05) is 29.1 Å². The van der Waals surface area contributed by atoms with Crippen molar-refractivity contribution in [3.8, 4) is 11.1 Å². The molecule has 1 N–H and O–H groups in total. The second kappa shape index (κ2) is 7.71. The third-order valence-electron chi connectivity index (χ3n) is 2.96. The molecule has 2 aromatic rings. The first-order valence-corrected chi connectivity index (χ1v) is 6.67. The van der Waals surface area contributed by atoms with Crippen LogP contribution in [0.15, 0.2) is 42.7 Å². The Kier molecular flexibility index (Phi) is 5.59. The molecule has 2 rings (SSSR count). The molecule has 0 aliphatic heterocycles. The molecule has 0 unspecified atom stereocenters. The van der Waals surface area contributed by atoms with Gasteiger partial charge in [0.05, 0.1) is 12.8 Å². The number of aryl methyl sites for hydroxylation is 1. The van der Waals surface area contributed by atoms with Crippen molar-refractivity contribution < 1.29 is 4.74 Å². The van der Waals surface area contributed by atoms with Crippen molar-refractivity contribution in [2.75, 3.05) is 26.8 Å².